The lowest BCUT2D eigenvalue weighted by molar-refractivity contribution is 0.158. The van der Waals surface area contributed by atoms with Crippen LogP contribution in [0.25, 0.3) is 11.2 Å². The zero-order valence-corrected chi connectivity index (χ0v) is 16.6. The van der Waals surface area contributed by atoms with Crippen LogP contribution in [0.5, 0.6) is 0 Å². The number of anilines is 1. The summed E-state index contributed by atoms with van der Waals surface area (Å²) in [4.78, 5) is 31.6. The fraction of sp³-hybridized carbons (Fsp3) is 0.421. The summed E-state index contributed by atoms with van der Waals surface area (Å²) in [5.74, 6) is 0.449. The van der Waals surface area contributed by atoms with Gasteiger partial charge in [-0.25, -0.2) is 4.79 Å². The molecule has 0 saturated heterocycles. The first-order valence-corrected chi connectivity index (χ1v) is 9.09. The van der Waals surface area contributed by atoms with E-state index < -0.39 is 17.4 Å². The Kier molecular flexibility index (Phi) is 5.66. The molecule has 2 heterocycles. The highest BCUT2D eigenvalue weighted by Crippen LogP contribution is 2.21. The van der Waals surface area contributed by atoms with E-state index in [0.717, 1.165) is 16.7 Å². The topological polar surface area (TPSA) is 97.3 Å². The molecule has 0 aliphatic heterocycles. The van der Waals surface area contributed by atoms with Crippen LogP contribution in [-0.2, 0) is 20.6 Å². The molecule has 0 amide bonds. The van der Waals surface area contributed by atoms with Gasteiger partial charge in [-0.05, 0) is 19.7 Å². The van der Waals surface area contributed by atoms with Crippen molar-refractivity contribution in [3.8, 4) is 0 Å². The molecule has 0 aliphatic rings. The summed E-state index contributed by atoms with van der Waals surface area (Å²) in [7, 11) is 6.94. The molecule has 3 aromatic rings. The van der Waals surface area contributed by atoms with Crippen molar-refractivity contribution in [2.45, 2.75) is 12.6 Å². The van der Waals surface area contributed by atoms with Gasteiger partial charge in [0.2, 0.25) is 5.95 Å². The first-order chi connectivity index (χ1) is 13.3. The van der Waals surface area contributed by atoms with E-state index in [2.05, 4.69) is 10.3 Å². The van der Waals surface area contributed by atoms with Gasteiger partial charge in [0.25, 0.3) is 5.56 Å². The maximum absolute atomic E-state index is 12.8. The van der Waals surface area contributed by atoms with Crippen LogP contribution < -0.4 is 16.6 Å². The van der Waals surface area contributed by atoms with Gasteiger partial charge < -0.3 is 19.9 Å². The van der Waals surface area contributed by atoms with Crippen LogP contribution in [0.1, 0.15) is 11.7 Å². The number of hydrogen-bond donors (Lipinski definition) is 2. The number of aryl methyl sites for hydroxylation is 1. The summed E-state index contributed by atoms with van der Waals surface area (Å²) in [6, 6.07) is 9.24. The van der Waals surface area contributed by atoms with E-state index in [1.54, 1.807) is 11.6 Å². The molecule has 0 radical (unpaired) electrons. The number of imidazole rings is 1. The van der Waals surface area contributed by atoms with E-state index in [9.17, 15) is 14.7 Å². The number of likely N-dealkylation sites (N-methyl/N-ethyl adjacent to an activating group) is 1. The third-order valence-electron chi connectivity index (χ3n) is 4.73. The maximum Gasteiger partial charge on any atom is 0.332 e. The zero-order valence-electron chi connectivity index (χ0n) is 16.6. The molecule has 1 aromatic carbocycles. The lowest BCUT2D eigenvalue weighted by Gasteiger charge is -2.16. The minimum absolute atomic E-state index is 0.137. The normalized spacial score (nSPS) is 12.6. The first-order valence-electron chi connectivity index (χ1n) is 9.09. The third kappa shape index (κ3) is 3.71. The lowest BCUT2D eigenvalue weighted by Crippen LogP contribution is -2.37. The van der Waals surface area contributed by atoms with Crippen molar-refractivity contribution in [1.29, 1.82) is 0 Å². The summed E-state index contributed by atoms with van der Waals surface area (Å²) >= 11 is 0. The molecule has 3 rings (SSSR count). The fourth-order valence-electron chi connectivity index (χ4n) is 3.10. The van der Waals surface area contributed by atoms with Gasteiger partial charge >= 0.3 is 5.69 Å². The number of aliphatic hydroxyl groups is 1. The summed E-state index contributed by atoms with van der Waals surface area (Å²) in [6.45, 7) is 1.51. The Morgan fingerprint density at radius 3 is 2.46 bits per heavy atom. The Balaban J connectivity index is 2.11. The van der Waals surface area contributed by atoms with Crippen LogP contribution >= 0.6 is 0 Å². The molecule has 1 atom stereocenters. The first kappa shape index (κ1) is 19.8. The highest BCUT2D eigenvalue weighted by Gasteiger charge is 2.21. The van der Waals surface area contributed by atoms with Crippen molar-refractivity contribution >= 4 is 17.1 Å². The molecule has 0 spiro atoms. The van der Waals surface area contributed by atoms with Gasteiger partial charge in [-0.15, -0.1) is 0 Å². The van der Waals surface area contributed by atoms with Gasteiger partial charge in [-0.3, -0.25) is 13.9 Å². The van der Waals surface area contributed by atoms with Crippen LogP contribution in [0.2, 0.25) is 0 Å². The van der Waals surface area contributed by atoms with E-state index in [1.807, 2.05) is 49.3 Å². The molecule has 9 heteroatoms. The summed E-state index contributed by atoms with van der Waals surface area (Å²) in [5.41, 5.74) is 0.440. The van der Waals surface area contributed by atoms with E-state index in [4.69, 9.17) is 0 Å². The van der Waals surface area contributed by atoms with E-state index in [-0.39, 0.29) is 12.1 Å². The van der Waals surface area contributed by atoms with Gasteiger partial charge in [-0.1, -0.05) is 30.3 Å². The Morgan fingerprint density at radius 2 is 1.82 bits per heavy atom. The second-order valence-electron chi connectivity index (χ2n) is 7.08. The Labute approximate surface area is 162 Å². The smallest absolute Gasteiger partial charge is 0.332 e. The van der Waals surface area contributed by atoms with Gasteiger partial charge in [0.1, 0.15) is 0 Å². The van der Waals surface area contributed by atoms with Crippen LogP contribution in [0.15, 0.2) is 39.9 Å². The Hall–Kier alpha value is -2.91. The largest absolute Gasteiger partial charge is 0.387 e. The van der Waals surface area contributed by atoms with Crippen LogP contribution in [0.4, 0.5) is 5.95 Å². The number of benzene rings is 1. The fourth-order valence-corrected chi connectivity index (χ4v) is 3.10. The van der Waals surface area contributed by atoms with Crippen molar-refractivity contribution in [3.05, 3.63) is 56.7 Å². The van der Waals surface area contributed by atoms with E-state index in [1.165, 1.54) is 11.6 Å². The van der Waals surface area contributed by atoms with Crippen molar-refractivity contribution in [2.75, 3.05) is 32.5 Å². The van der Waals surface area contributed by atoms with Gasteiger partial charge in [-0.2, -0.15) is 4.98 Å². The van der Waals surface area contributed by atoms with Crippen molar-refractivity contribution in [3.63, 3.8) is 0 Å². The molecule has 0 saturated carbocycles. The summed E-state index contributed by atoms with van der Waals surface area (Å²) in [6.07, 6.45) is -0.824. The standard InChI is InChI=1S/C19H26N6O3/c1-22(2)11-10-20-18-21-16-15(17(27)24(4)19(28)23(16)3)25(18)12-14(26)13-8-6-5-7-9-13/h5-9,14,26H,10-12H2,1-4H3,(H,20,21)/t14-/m1/s1. The molecular formula is C19H26N6O3. The molecule has 0 aliphatic carbocycles. The SMILES string of the molecule is CN(C)CCNc1nc2c(c(=O)n(C)c(=O)n2C)n1C[C@@H](O)c1ccccc1. The van der Waals surface area contributed by atoms with Crippen LogP contribution in [0.3, 0.4) is 0 Å². The van der Waals surface area contributed by atoms with Gasteiger partial charge in [0.15, 0.2) is 11.2 Å². The Bertz CT molecular complexity index is 1080. The molecule has 28 heavy (non-hydrogen) atoms. The number of aliphatic hydroxyl groups excluding tert-OH is 1. The third-order valence-corrected chi connectivity index (χ3v) is 4.73. The maximum atomic E-state index is 12.8. The van der Waals surface area contributed by atoms with Crippen molar-refractivity contribution in [1.82, 2.24) is 23.6 Å². The molecule has 0 unspecified atom stereocenters. The molecule has 0 fully saturated rings. The van der Waals surface area contributed by atoms with Crippen LogP contribution in [-0.4, -0.2) is 55.9 Å². The molecule has 150 valence electrons. The number of nitrogens with one attached hydrogen (secondary N) is 1. The highest BCUT2D eigenvalue weighted by atomic mass is 16.3. The number of rotatable bonds is 7. The summed E-state index contributed by atoms with van der Waals surface area (Å²) < 4.78 is 4.06. The number of hydrogen-bond acceptors (Lipinski definition) is 6. The monoisotopic (exact) mass is 386 g/mol. The number of aromatic nitrogens is 4. The van der Waals surface area contributed by atoms with Crippen molar-refractivity contribution in [2.24, 2.45) is 14.1 Å². The molecular weight excluding hydrogens is 360 g/mol. The molecule has 2 N–H and O–H groups in total. The minimum Gasteiger partial charge on any atom is -0.387 e. The average molecular weight is 386 g/mol. The lowest BCUT2D eigenvalue weighted by atomic mass is 10.1. The highest BCUT2D eigenvalue weighted by molar-refractivity contribution is 5.74. The van der Waals surface area contributed by atoms with E-state index >= 15 is 0 Å². The predicted molar refractivity (Wildman–Crippen MR) is 109 cm³/mol. The average Bonchev–Trinajstić information content (AvgIpc) is 3.03. The molecule has 2 aromatic heterocycles. The molecule has 9 nitrogen and oxygen atoms in total. The van der Waals surface area contributed by atoms with Gasteiger partial charge in [0.05, 0.1) is 12.6 Å². The second-order valence-corrected chi connectivity index (χ2v) is 7.08. The van der Waals surface area contributed by atoms with Crippen LogP contribution in [0, 0.1) is 0 Å². The second kappa shape index (κ2) is 7.99. The number of fused-ring (bicyclic) bond motifs is 1. The Morgan fingerprint density at radius 1 is 1.14 bits per heavy atom. The van der Waals surface area contributed by atoms with Gasteiger partial charge in [0, 0.05) is 27.2 Å². The molecule has 0 bridgehead atoms. The zero-order chi connectivity index (χ0) is 20.4. The van der Waals surface area contributed by atoms with E-state index in [0.29, 0.717) is 18.1 Å². The number of nitrogens with zero attached hydrogens (tertiary/aromatic N) is 5. The van der Waals surface area contributed by atoms with Crippen molar-refractivity contribution < 1.29 is 5.11 Å². The summed E-state index contributed by atoms with van der Waals surface area (Å²) in [5, 5.41) is 13.9. The quantitative estimate of drug-likeness (QED) is 0.600. The predicted octanol–water partition coefficient (Wildman–Crippen LogP) is 0.141. The minimum atomic E-state index is -0.824.